The second-order valence-corrected chi connectivity index (χ2v) is 2.69. The Balaban J connectivity index is 1.79. The lowest BCUT2D eigenvalue weighted by molar-refractivity contribution is 0.300. The van der Waals surface area contributed by atoms with Gasteiger partial charge in [-0.1, -0.05) is 0 Å². The Morgan fingerprint density at radius 3 is 3.20 bits per heavy atom. The Bertz CT molecular complexity index is 191. The predicted molar refractivity (Wildman–Crippen MR) is 36.8 cm³/mol. The largest absolute Gasteiger partial charge is 0.490 e. The zero-order valence-corrected chi connectivity index (χ0v) is 5.71. The van der Waals surface area contributed by atoms with Crippen molar-refractivity contribution in [2.24, 2.45) is 5.92 Å². The second-order valence-electron chi connectivity index (χ2n) is 2.69. The van der Waals surface area contributed by atoms with E-state index in [4.69, 9.17) is 4.74 Å². The van der Waals surface area contributed by atoms with Gasteiger partial charge in [0.05, 0.1) is 19.0 Å². The van der Waals surface area contributed by atoms with E-state index in [0.717, 1.165) is 18.3 Å². The van der Waals surface area contributed by atoms with Crippen molar-refractivity contribution in [1.82, 2.24) is 10.2 Å². The van der Waals surface area contributed by atoms with Crippen molar-refractivity contribution in [1.29, 1.82) is 0 Å². The second kappa shape index (κ2) is 2.33. The lowest BCUT2D eigenvalue weighted by Crippen LogP contribution is -1.97. The number of aromatic nitrogens is 2. The molecule has 1 saturated carbocycles. The Morgan fingerprint density at radius 2 is 2.60 bits per heavy atom. The summed E-state index contributed by atoms with van der Waals surface area (Å²) in [5, 5.41) is 6.47. The molecule has 0 unspecified atom stereocenters. The maximum atomic E-state index is 5.38. The van der Waals surface area contributed by atoms with E-state index in [-0.39, 0.29) is 0 Å². The number of ether oxygens (including phenoxy) is 1. The van der Waals surface area contributed by atoms with Crippen molar-refractivity contribution in [3.8, 4) is 5.75 Å². The summed E-state index contributed by atoms with van der Waals surface area (Å²) in [6, 6.07) is 0. The van der Waals surface area contributed by atoms with Gasteiger partial charge in [0.2, 0.25) is 0 Å². The van der Waals surface area contributed by atoms with Crippen LogP contribution in [0.4, 0.5) is 0 Å². The number of rotatable bonds is 3. The third-order valence-electron chi connectivity index (χ3n) is 1.66. The van der Waals surface area contributed by atoms with Crippen LogP contribution in [0.1, 0.15) is 12.8 Å². The van der Waals surface area contributed by atoms with Gasteiger partial charge in [-0.2, -0.15) is 5.10 Å². The number of nitrogens with zero attached hydrogens (tertiary/aromatic N) is 1. The van der Waals surface area contributed by atoms with Crippen LogP contribution in [-0.4, -0.2) is 16.8 Å². The van der Waals surface area contributed by atoms with Crippen LogP contribution in [0.15, 0.2) is 12.4 Å². The summed E-state index contributed by atoms with van der Waals surface area (Å²) in [7, 11) is 0. The predicted octanol–water partition coefficient (Wildman–Crippen LogP) is 1.20. The maximum absolute atomic E-state index is 5.38. The van der Waals surface area contributed by atoms with Gasteiger partial charge in [0.25, 0.3) is 0 Å². The smallest absolute Gasteiger partial charge is 0.156 e. The van der Waals surface area contributed by atoms with Gasteiger partial charge in [-0.25, -0.2) is 0 Å². The molecule has 1 N–H and O–H groups in total. The van der Waals surface area contributed by atoms with Crippen LogP contribution >= 0.6 is 0 Å². The molecule has 1 fully saturated rings. The van der Waals surface area contributed by atoms with Gasteiger partial charge < -0.3 is 4.74 Å². The highest BCUT2D eigenvalue weighted by molar-refractivity contribution is 5.10. The van der Waals surface area contributed by atoms with Gasteiger partial charge >= 0.3 is 0 Å². The standard InChI is InChI=1S/C7H10N2O/c1-2-6(1)5-10-7-3-8-9-4-7/h3-4,6H,1-2,5H2,(H,8,9). The summed E-state index contributed by atoms with van der Waals surface area (Å²) in [5.41, 5.74) is 0. The van der Waals surface area contributed by atoms with E-state index in [0.29, 0.717) is 0 Å². The molecule has 2 rings (SSSR count). The third-order valence-corrected chi connectivity index (χ3v) is 1.66. The Labute approximate surface area is 59.4 Å². The summed E-state index contributed by atoms with van der Waals surface area (Å²) >= 11 is 0. The van der Waals surface area contributed by atoms with E-state index < -0.39 is 0 Å². The highest BCUT2D eigenvalue weighted by Crippen LogP contribution is 2.29. The van der Waals surface area contributed by atoms with Crippen LogP contribution < -0.4 is 4.74 Å². The molecule has 3 heteroatoms. The molecule has 0 aromatic carbocycles. The van der Waals surface area contributed by atoms with Crippen LogP contribution in [0.5, 0.6) is 5.75 Å². The molecular weight excluding hydrogens is 128 g/mol. The number of hydrogen-bond acceptors (Lipinski definition) is 2. The molecule has 0 bridgehead atoms. The number of H-pyrrole nitrogens is 1. The van der Waals surface area contributed by atoms with Crippen LogP contribution in [0, 0.1) is 5.92 Å². The molecule has 10 heavy (non-hydrogen) atoms. The molecule has 0 amide bonds. The van der Waals surface area contributed by atoms with E-state index in [9.17, 15) is 0 Å². The van der Waals surface area contributed by atoms with E-state index in [1.54, 1.807) is 12.4 Å². The highest BCUT2D eigenvalue weighted by Gasteiger charge is 2.21. The SMILES string of the molecule is c1n[nH]cc1OCC1CC1. The van der Waals surface area contributed by atoms with Crippen molar-refractivity contribution < 1.29 is 4.74 Å². The van der Waals surface area contributed by atoms with Crippen LogP contribution in [0.2, 0.25) is 0 Å². The molecule has 0 aliphatic heterocycles. The molecule has 0 radical (unpaired) electrons. The Morgan fingerprint density at radius 1 is 1.70 bits per heavy atom. The first-order valence-corrected chi connectivity index (χ1v) is 3.57. The maximum Gasteiger partial charge on any atom is 0.156 e. The number of hydrogen-bond donors (Lipinski definition) is 1. The molecule has 0 saturated heterocycles. The zero-order valence-electron chi connectivity index (χ0n) is 5.71. The molecule has 1 heterocycles. The van der Waals surface area contributed by atoms with Gasteiger partial charge in [0.15, 0.2) is 5.75 Å². The Hall–Kier alpha value is -0.990. The normalized spacial score (nSPS) is 17.2. The first-order chi connectivity index (χ1) is 4.95. The highest BCUT2D eigenvalue weighted by atomic mass is 16.5. The first-order valence-electron chi connectivity index (χ1n) is 3.57. The minimum atomic E-state index is 0.815. The van der Waals surface area contributed by atoms with Crippen molar-refractivity contribution >= 4 is 0 Å². The number of nitrogens with one attached hydrogen (secondary N) is 1. The van der Waals surface area contributed by atoms with Crippen molar-refractivity contribution in [3.05, 3.63) is 12.4 Å². The van der Waals surface area contributed by atoms with Crippen molar-refractivity contribution in [2.75, 3.05) is 6.61 Å². The van der Waals surface area contributed by atoms with E-state index in [1.807, 2.05) is 0 Å². The lowest BCUT2D eigenvalue weighted by atomic mass is 10.5. The average molecular weight is 138 g/mol. The van der Waals surface area contributed by atoms with Crippen molar-refractivity contribution in [3.63, 3.8) is 0 Å². The van der Waals surface area contributed by atoms with Crippen LogP contribution in [-0.2, 0) is 0 Å². The quantitative estimate of drug-likeness (QED) is 0.681. The van der Waals surface area contributed by atoms with Crippen LogP contribution in [0.25, 0.3) is 0 Å². The van der Waals surface area contributed by atoms with Gasteiger partial charge in [-0.05, 0) is 18.8 Å². The molecular formula is C7H10N2O. The third kappa shape index (κ3) is 1.29. The first kappa shape index (κ1) is 5.77. The molecule has 54 valence electrons. The summed E-state index contributed by atoms with van der Waals surface area (Å²) in [4.78, 5) is 0. The molecule has 1 aliphatic carbocycles. The summed E-state index contributed by atoms with van der Waals surface area (Å²) in [6.45, 7) is 0.861. The summed E-state index contributed by atoms with van der Waals surface area (Å²) in [5.74, 6) is 1.67. The van der Waals surface area contributed by atoms with Gasteiger partial charge in [-0.15, -0.1) is 0 Å². The molecule has 1 aromatic rings. The molecule has 0 spiro atoms. The molecule has 1 aliphatic rings. The fraction of sp³-hybridized carbons (Fsp3) is 0.571. The van der Waals surface area contributed by atoms with Crippen LogP contribution in [0.3, 0.4) is 0 Å². The van der Waals surface area contributed by atoms with E-state index in [2.05, 4.69) is 10.2 Å². The summed E-state index contributed by atoms with van der Waals surface area (Å²) < 4.78 is 5.38. The van der Waals surface area contributed by atoms with Gasteiger partial charge in [0.1, 0.15) is 0 Å². The topological polar surface area (TPSA) is 37.9 Å². The fourth-order valence-electron chi connectivity index (χ4n) is 0.817. The molecule has 0 atom stereocenters. The number of aromatic amines is 1. The summed E-state index contributed by atoms with van der Waals surface area (Å²) in [6.07, 6.45) is 6.13. The molecule has 3 nitrogen and oxygen atoms in total. The fourth-order valence-corrected chi connectivity index (χ4v) is 0.817. The monoisotopic (exact) mass is 138 g/mol. The molecule has 1 aromatic heterocycles. The van der Waals surface area contributed by atoms with Gasteiger partial charge in [0, 0.05) is 0 Å². The minimum Gasteiger partial charge on any atom is -0.490 e. The van der Waals surface area contributed by atoms with Crippen molar-refractivity contribution in [2.45, 2.75) is 12.8 Å². The average Bonchev–Trinajstić information content (AvgIpc) is 2.63. The van der Waals surface area contributed by atoms with E-state index in [1.165, 1.54) is 12.8 Å². The van der Waals surface area contributed by atoms with Gasteiger partial charge in [-0.3, -0.25) is 5.10 Å². The minimum absolute atomic E-state index is 0.815. The van der Waals surface area contributed by atoms with E-state index >= 15 is 0 Å². The zero-order chi connectivity index (χ0) is 6.81. The Kier molecular flexibility index (Phi) is 1.34. The lowest BCUT2D eigenvalue weighted by Gasteiger charge is -1.98.